The zero-order valence-corrected chi connectivity index (χ0v) is 18.8. The molecule has 2 aromatic heterocycles. The minimum absolute atomic E-state index is 0. The number of nitrogens with zero attached hydrogens (tertiary/aromatic N) is 4. The van der Waals surface area contributed by atoms with E-state index in [0.29, 0.717) is 0 Å². The van der Waals surface area contributed by atoms with Gasteiger partial charge >= 0.3 is 0 Å². The van der Waals surface area contributed by atoms with E-state index in [1.54, 1.807) is 0 Å². The first kappa shape index (κ1) is 22.6. The molecule has 0 bridgehead atoms. The van der Waals surface area contributed by atoms with Crippen LogP contribution < -0.4 is 0 Å². The van der Waals surface area contributed by atoms with Crippen molar-refractivity contribution in [1.29, 1.82) is 0 Å². The molecule has 7 heteroatoms. The van der Waals surface area contributed by atoms with Crippen LogP contribution in [0.3, 0.4) is 0 Å². The summed E-state index contributed by atoms with van der Waals surface area (Å²) in [5.74, 6) is 1.03. The molecule has 0 spiro atoms. The smallest absolute Gasteiger partial charge is 0.215 e. The Morgan fingerprint density at radius 2 is 1.67 bits per heavy atom. The van der Waals surface area contributed by atoms with Crippen LogP contribution in [0, 0.1) is 6.92 Å². The number of para-hydroxylation sites is 2. The maximum Gasteiger partial charge on any atom is 0.215 e. The number of imidazole rings is 2. The molecule has 1 saturated heterocycles. The molecule has 2 aromatic carbocycles. The van der Waals surface area contributed by atoms with Gasteiger partial charge in [-0.2, -0.15) is 0 Å². The summed E-state index contributed by atoms with van der Waals surface area (Å²) in [6, 6.07) is 17.2. The van der Waals surface area contributed by atoms with Crippen LogP contribution in [0.2, 0.25) is 0 Å². The topological polar surface area (TPSA) is 34.7 Å². The average Bonchev–Trinajstić information content (AvgIpc) is 3.26. The van der Waals surface area contributed by atoms with Crippen LogP contribution in [0.4, 0.5) is 0 Å². The number of hydrogen-bond acceptors (Lipinski definition) is 3. The Balaban J connectivity index is 0.00000128. The van der Waals surface area contributed by atoms with E-state index in [1.807, 2.05) is 0 Å². The second-order valence-electron chi connectivity index (χ2n) is 7.61. The van der Waals surface area contributed by atoms with Crippen molar-refractivity contribution in [3.8, 4) is 11.3 Å². The van der Waals surface area contributed by atoms with Gasteiger partial charge in [-0.3, -0.25) is 9.30 Å². The molecule has 1 fully saturated rings. The highest BCUT2D eigenvalue weighted by Gasteiger charge is 2.16. The molecular weight excluding hydrogens is 419 g/mol. The third kappa shape index (κ3) is 4.35. The van der Waals surface area contributed by atoms with Gasteiger partial charge in [-0.25, -0.2) is 4.98 Å². The Hall–Kier alpha value is -2.05. The predicted octanol–water partition coefficient (Wildman–Crippen LogP) is 4.83. The molecule has 0 N–H and O–H groups in total. The van der Waals surface area contributed by atoms with Gasteiger partial charge in [0.05, 0.1) is 29.9 Å². The fourth-order valence-corrected chi connectivity index (χ4v) is 4.10. The Morgan fingerprint density at radius 1 is 0.933 bits per heavy atom. The first-order valence-electron chi connectivity index (χ1n) is 10.1. The molecule has 0 unspecified atom stereocenters. The summed E-state index contributed by atoms with van der Waals surface area (Å²) >= 11 is 0. The Bertz CT molecular complexity index is 1100. The Kier molecular flexibility index (Phi) is 7.42. The fourth-order valence-electron chi connectivity index (χ4n) is 4.10. The molecule has 0 amide bonds. The summed E-state index contributed by atoms with van der Waals surface area (Å²) in [5.41, 5.74) is 5.97. The minimum atomic E-state index is 0. The lowest BCUT2D eigenvalue weighted by molar-refractivity contribution is 0.0370. The van der Waals surface area contributed by atoms with Crippen LogP contribution >= 0.6 is 24.8 Å². The van der Waals surface area contributed by atoms with Crippen molar-refractivity contribution >= 4 is 41.6 Å². The quantitative estimate of drug-likeness (QED) is 0.440. The normalized spacial score (nSPS) is 14.6. The number of morpholine rings is 1. The van der Waals surface area contributed by atoms with Crippen LogP contribution in [0.25, 0.3) is 28.1 Å². The Morgan fingerprint density at radius 3 is 2.43 bits per heavy atom. The third-order valence-electron chi connectivity index (χ3n) is 5.67. The number of fused-ring (bicyclic) bond motifs is 3. The zero-order valence-electron chi connectivity index (χ0n) is 17.2. The monoisotopic (exact) mass is 446 g/mol. The summed E-state index contributed by atoms with van der Waals surface area (Å²) in [7, 11) is 0. The number of ether oxygens (including phenoxy) is 1. The van der Waals surface area contributed by atoms with Crippen LogP contribution in [0.5, 0.6) is 0 Å². The van der Waals surface area contributed by atoms with E-state index in [0.717, 1.165) is 62.6 Å². The molecule has 1 aliphatic rings. The maximum atomic E-state index is 5.47. The predicted molar refractivity (Wildman–Crippen MR) is 127 cm³/mol. The second-order valence-corrected chi connectivity index (χ2v) is 7.61. The largest absolute Gasteiger partial charge is 0.379 e. The van der Waals surface area contributed by atoms with E-state index in [2.05, 4.69) is 75.5 Å². The molecule has 5 nitrogen and oxygen atoms in total. The van der Waals surface area contributed by atoms with Crippen molar-refractivity contribution in [2.45, 2.75) is 19.9 Å². The highest BCUT2D eigenvalue weighted by atomic mass is 35.5. The van der Waals surface area contributed by atoms with Gasteiger partial charge < -0.3 is 9.30 Å². The van der Waals surface area contributed by atoms with Crippen molar-refractivity contribution in [3.05, 3.63) is 60.3 Å². The van der Waals surface area contributed by atoms with Crippen molar-refractivity contribution in [3.63, 3.8) is 0 Å². The molecule has 0 atom stereocenters. The number of halogens is 2. The summed E-state index contributed by atoms with van der Waals surface area (Å²) in [5, 5.41) is 0. The first-order chi connectivity index (χ1) is 13.8. The van der Waals surface area contributed by atoms with Crippen LogP contribution in [-0.4, -0.2) is 51.7 Å². The first-order valence-corrected chi connectivity index (χ1v) is 10.1. The lowest BCUT2D eigenvalue weighted by Gasteiger charge is -2.26. The SMILES string of the molecule is Cc1ccc(-c2cn3c4ccccc4nc3n2CCCN2CCOCC2)cc1.Cl.Cl. The minimum Gasteiger partial charge on any atom is -0.379 e. The van der Waals surface area contributed by atoms with Gasteiger partial charge in [0, 0.05) is 32.4 Å². The molecule has 0 aliphatic carbocycles. The molecule has 1 aliphatic heterocycles. The number of aryl methyl sites for hydroxylation is 2. The van der Waals surface area contributed by atoms with Gasteiger partial charge in [0.2, 0.25) is 5.78 Å². The van der Waals surface area contributed by atoms with E-state index in [9.17, 15) is 0 Å². The van der Waals surface area contributed by atoms with Gasteiger partial charge in [-0.1, -0.05) is 42.0 Å². The lowest BCUT2D eigenvalue weighted by atomic mass is 10.1. The summed E-state index contributed by atoms with van der Waals surface area (Å²) in [6.45, 7) is 7.98. The van der Waals surface area contributed by atoms with E-state index in [1.165, 1.54) is 16.8 Å². The zero-order chi connectivity index (χ0) is 18.9. The number of benzene rings is 2. The van der Waals surface area contributed by atoms with Crippen molar-refractivity contribution in [1.82, 2.24) is 18.9 Å². The van der Waals surface area contributed by atoms with Gasteiger partial charge in [-0.15, -0.1) is 24.8 Å². The number of hydrogen-bond donors (Lipinski definition) is 0. The summed E-state index contributed by atoms with van der Waals surface area (Å²) in [6.07, 6.45) is 3.34. The lowest BCUT2D eigenvalue weighted by Crippen LogP contribution is -2.37. The Labute approximate surface area is 189 Å². The average molecular weight is 447 g/mol. The van der Waals surface area contributed by atoms with E-state index >= 15 is 0 Å². The summed E-state index contributed by atoms with van der Waals surface area (Å²) in [4.78, 5) is 7.43. The summed E-state index contributed by atoms with van der Waals surface area (Å²) < 4.78 is 10.1. The van der Waals surface area contributed by atoms with Gasteiger partial charge in [-0.05, 0) is 31.0 Å². The maximum absolute atomic E-state index is 5.47. The van der Waals surface area contributed by atoms with E-state index in [-0.39, 0.29) is 24.8 Å². The van der Waals surface area contributed by atoms with Crippen LogP contribution in [0.1, 0.15) is 12.0 Å². The molecule has 3 heterocycles. The molecule has 0 saturated carbocycles. The standard InChI is InChI=1S/C23H26N4O.2ClH/c1-18-7-9-19(10-8-18)22-17-27-21-6-3-2-5-20(21)24-23(27)26(22)12-4-11-25-13-15-28-16-14-25;;/h2-3,5-10,17H,4,11-16H2,1H3;2*1H. The number of rotatable bonds is 5. The van der Waals surface area contributed by atoms with Crippen molar-refractivity contribution in [2.75, 3.05) is 32.8 Å². The van der Waals surface area contributed by atoms with Crippen LogP contribution in [0.15, 0.2) is 54.7 Å². The van der Waals surface area contributed by atoms with Crippen molar-refractivity contribution < 1.29 is 4.74 Å². The molecule has 5 rings (SSSR count). The van der Waals surface area contributed by atoms with Crippen LogP contribution in [-0.2, 0) is 11.3 Å². The highest BCUT2D eigenvalue weighted by Crippen LogP contribution is 2.27. The fraction of sp³-hybridized carbons (Fsp3) is 0.348. The highest BCUT2D eigenvalue weighted by molar-refractivity contribution is 5.85. The molecular formula is C23H28Cl2N4O. The third-order valence-corrected chi connectivity index (χ3v) is 5.67. The number of aromatic nitrogens is 3. The molecule has 4 aromatic rings. The van der Waals surface area contributed by atoms with Gasteiger partial charge in [0.15, 0.2) is 0 Å². The van der Waals surface area contributed by atoms with Gasteiger partial charge in [0.1, 0.15) is 0 Å². The van der Waals surface area contributed by atoms with E-state index in [4.69, 9.17) is 9.72 Å². The second kappa shape index (κ2) is 9.84. The van der Waals surface area contributed by atoms with Crippen molar-refractivity contribution in [2.24, 2.45) is 0 Å². The van der Waals surface area contributed by atoms with E-state index < -0.39 is 0 Å². The molecule has 0 radical (unpaired) electrons. The van der Waals surface area contributed by atoms with Gasteiger partial charge in [0.25, 0.3) is 0 Å². The molecule has 30 heavy (non-hydrogen) atoms. The molecule has 160 valence electrons.